The van der Waals surface area contributed by atoms with E-state index in [9.17, 15) is 9.59 Å². The van der Waals surface area contributed by atoms with E-state index in [4.69, 9.17) is 4.74 Å². The van der Waals surface area contributed by atoms with Gasteiger partial charge in [0.2, 0.25) is 0 Å². The average Bonchev–Trinajstić information content (AvgIpc) is 2.78. The average molecular weight is 196 g/mol. The smallest absolute Gasteiger partial charge is 0.313 e. The van der Waals surface area contributed by atoms with Crippen LogP contribution in [0.4, 0.5) is 0 Å². The second-order valence-corrected chi connectivity index (χ2v) is 4.78. The van der Waals surface area contributed by atoms with Crippen molar-refractivity contribution in [3.8, 4) is 0 Å². The SMILES string of the molecule is CC(C)OC(=O)C1(C2CC2)CC(=O)C1. The molecule has 0 atom stereocenters. The predicted octanol–water partition coefficient (Wildman–Crippen LogP) is 1.70. The van der Waals surface area contributed by atoms with Crippen LogP contribution < -0.4 is 0 Å². The second kappa shape index (κ2) is 3.07. The predicted molar refractivity (Wildman–Crippen MR) is 50.6 cm³/mol. The van der Waals surface area contributed by atoms with Crippen LogP contribution in [0.25, 0.3) is 0 Å². The second-order valence-electron chi connectivity index (χ2n) is 4.78. The lowest BCUT2D eigenvalue weighted by Crippen LogP contribution is -2.47. The fourth-order valence-electron chi connectivity index (χ4n) is 2.22. The Balaban J connectivity index is 2.04. The van der Waals surface area contributed by atoms with Crippen molar-refractivity contribution in [3.63, 3.8) is 0 Å². The summed E-state index contributed by atoms with van der Waals surface area (Å²) in [5, 5.41) is 0. The minimum Gasteiger partial charge on any atom is -0.463 e. The summed E-state index contributed by atoms with van der Waals surface area (Å²) in [5.41, 5.74) is -0.415. The van der Waals surface area contributed by atoms with Crippen molar-refractivity contribution in [2.24, 2.45) is 11.3 Å². The van der Waals surface area contributed by atoms with Crippen molar-refractivity contribution in [2.75, 3.05) is 0 Å². The molecule has 0 radical (unpaired) electrons. The van der Waals surface area contributed by atoms with E-state index >= 15 is 0 Å². The van der Waals surface area contributed by atoms with Gasteiger partial charge in [0.25, 0.3) is 0 Å². The van der Waals surface area contributed by atoms with Crippen LogP contribution in [0.3, 0.4) is 0 Å². The Morgan fingerprint density at radius 1 is 1.43 bits per heavy atom. The van der Waals surface area contributed by atoms with Gasteiger partial charge in [0.15, 0.2) is 0 Å². The fourth-order valence-corrected chi connectivity index (χ4v) is 2.22. The molecular weight excluding hydrogens is 180 g/mol. The van der Waals surface area contributed by atoms with Crippen molar-refractivity contribution in [3.05, 3.63) is 0 Å². The van der Waals surface area contributed by atoms with Gasteiger partial charge < -0.3 is 4.74 Å². The van der Waals surface area contributed by atoms with Gasteiger partial charge in [-0.1, -0.05) is 0 Å². The summed E-state index contributed by atoms with van der Waals surface area (Å²) < 4.78 is 5.22. The standard InChI is InChI=1S/C11H16O3/c1-7(2)14-10(13)11(8-3-4-8)5-9(12)6-11/h7-8H,3-6H2,1-2H3. The molecule has 2 rings (SSSR count). The van der Waals surface area contributed by atoms with Gasteiger partial charge in [-0.05, 0) is 32.6 Å². The lowest BCUT2D eigenvalue weighted by Gasteiger charge is -2.38. The van der Waals surface area contributed by atoms with E-state index in [-0.39, 0.29) is 17.9 Å². The first-order chi connectivity index (χ1) is 6.54. The Kier molecular flexibility index (Phi) is 2.13. The van der Waals surface area contributed by atoms with Gasteiger partial charge in [-0.3, -0.25) is 9.59 Å². The number of esters is 1. The minimum atomic E-state index is -0.415. The molecule has 0 aromatic rings. The number of rotatable bonds is 3. The van der Waals surface area contributed by atoms with Gasteiger partial charge in [-0.15, -0.1) is 0 Å². The van der Waals surface area contributed by atoms with Crippen molar-refractivity contribution in [1.29, 1.82) is 0 Å². The number of carbonyl (C=O) groups excluding carboxylic acids is 2. The first kappa shape index (κ1) is 9.69. The fraction of sp³-hybridized carbons (Fsp3) is 0.818. The molecule has 0 heterocycles. The van der Waals surface area contributed by atoms with Gasteiger partial charge in [-0.25, -0.2) is 0 Å². The van der Waals surface area contributed by atoms with Crippen LogP contribution in [0, 0.1) is 11.3 Å². The lowest BCUT2D eigenvalue weighted by atomic mass is 9.64. The molecule has 3 nitrogen and oxygen atoms in total. The normalized spacial score (nSPS) is 24.6. The molecule has 14 heavy (non-hydrogen) atoms. The van der Waals surface area contributed by atoms with Crippen molar-refractivity contribution in [1.82, 2.24) is 0 Å². The van der Waals surface area contributed by atoms with Gasteiger partial charge in [0, 0.05) is 12.8 Å². The molecular formula is C11H16O3. The third-order valence-electron chi connectivity index (χ3n) is 3.13. The van der Waals surface area contributed by atoms with Gasteiger partial charge in [0.1, 0.15) is 5.78 Å². The summed E-state index contributed by atoms with van der Waals surface area (Å²) in [5.74, 6) is 0.485. The topological polar surface area (TPSA) is 43.4 Å². The molecule has 0 saturated heterocycles. The van der Waals surface area contributed by atoms with Crippen LogP contribution >= 0.6 is 0 Å². The van der Waals surface area contributed by atoms with Crippen molar-refractivity contribution < 1.29 is 14.3 Å². The van der Waals surface area contributed by atoms with Crippen LogP contribution in [0.1, 0.15) is 39.5 Å². The Morgan fingerprint density at radius 2 is 2.00 bits per heavy atom. The molecule has 2 saturated carbocycles. The van der Waals surface area contributed by atoms with Crippen LogP contribution in [0.15, 0.2) is 0 Å². The molecule has 0 aromatic heterocycles. The minimum absolute atomic E-state index is 0.0752. The maximum Gasteiger partial charge on any atom is 0.313 e. The van der Waals surface area contributed by atoms with Crippen molar-refractivity contribution in [2.45, 2.75) is 45.6 Å². The van der Waals surface area contributed by atoms with Crippen LogP contribution in [-0.4, -0.2) is 17.9 Å². The summed E-state index contributed by atoms with van der Waals surface area (Å²) in [6, 6.07) is 0. The zero-order chi connectivity index (χ0) is 10.3. The monoisotopic (exact) mass is 196 g/mol. The number of hydrogen-bond donors (Lipinski definition) is 0. The van der Waals surface area contributed by atoms with Crippen molar-refractivity contribution >= 4 is 11.8 Å². The van der Waals surface area contributed by atoms with Gasteiger partial charge in [0.05, 0.1) is 11.5 Å². The maximum atomic E-state index is 11.8. The number of ether oxygens (including phenoxy) is 1. The number of hydrogen-bond acceptors (Lipinski definition) is 3. The largest absolute Gasteiger partial charge is 0.463 e. The number of Topliss-reactive ketones (excluding diaryl/α,β-unsaturated/α-hetero) is 1. The van der Waals surface area contributed by atoms with Crippen LogP contribution in [0.2, 0.25) is 0 Å². The Bertz CT molecular complexity index is 268. The Hall–Kier alpha value is -0.860. The maximum absolute atomic E-state index is 11.8. The van der Waals surface area contributed by atoms with E-state index in [0.717, 1.165) is 12.8 Å². The van der Waals surface area contributed by atoms with E-state index in [1.54, 1.807) is 0 Å². The summed E-state index contributed by atoms with van der Waals surface area (Å²) in [6.45, 7) is 3.69. The zero-order valence-corrected chi connectivity index (χ0v) is 8.71. The highest BCUT2D eigenvalue weighted by Crippen LogP contribution is 2.56. The molecule has 0 unspecified atom stereocenters. The summed E-state index contributed by atoms with van der Waals surface area (Å²) in [7, 11) is 0. The molecule has 0 bridgehead atoms. The highest BCUT2D eigenvalue weighted by molar-refractivity contribution is 5.98. The molecule has 3 heteroatoms. The van der Waals surface area contributed by atoms with Crippen LogP contribution in [0.5, 0.6) is 0 Å². The third-order valence-corrected chi connectivity index (χ3v) is 3.13. The molecule has 0 amide bonds. The van der Waals surface area contributed by atoms with E-state index in [0.29, 0.717) is 18.8 Å². The number of ketones is 1. The van der Waals surface area contributed by atoms with E-state index < -0.39 is 5.41 Å². The molecule has 0 aliphatic heterocycles. The lowest BCUT2D eigenvalue weighted by molar-refractivity contribution is -0.171. The first-order valence-electron chi connectivity index (χ1n) is 5.27. The third kappa shape index (κ3) is 1.45. The number of carbonyl (C=O) groups is 2. The Morgan fingerprint density at radius 3 is 2.36 bits per heavy atom. The summed E-state index contributed by atoms with van der Waals surface area (Å²) in [6.07, 6.45) is 2.93. The van der Waals surface area contributed by atoms with Crippen LogP contribution in [-0.2, 0) is 14.3 Å². The molecule has 2 aliphatic carbocycles. The highest BCUT2D eigenvalue weighted by atomic mass is 16.5. The molecule has 2 fully saturated rings. The summed E-state index contributed by atoms with van der Waals surface area (Å²) >= 11 is 0. The van der Waals surface area contributed by atoms with E-state index in [1.165, 1.54) is 0 Å². The molecule has 0 aromatic carbocycles. The molecule has 78 valence electrons. The van der Waals surface area contributed by atoms with Gasteiger partial charge >= 0.3 is 5.97 Å². The molecule has 0 N–H and O–H groups in total. The van der Waals surface area contributed by atoms with E-state index in [1.807, 2.05) is 13.8 Å². The molecule has 2 aliphatic rings. The first-order valence-corrected chi connectivity index (χ1v) is 5.27. The highest BCUT2D eigenvalue weighted by Gasteiger charge is 2.59. The molecule has 0 spiro atoms. The Labute approximate surface area is 83.8 Å². The van der Waals surface area contributed by atoms with Gasteiger partial charge in [-0.2, -0.15) is 0 Å². The summed E-state index contributed by atoms with van der Waals surface area (Å²) in [4.78, 5) is 22.8. The van der Waals surface area contributed by atoms with E-state index in [2.05, 4.69) is 0 Å². The quantitative estimate of drug-likeness (QED) is 0.645. The zero-order valence-electron chi connectivity index (χ0n) is 8.71.